The van der Waals surface area contributed by atoms with Gasteiger partial charge in [0, 0.05) is 16.5 Å². The third kappa shape index (κ3) is 6.10. The van der Waals surface area contributed by atoms with Gasteiger partial charge in [0.2, 0.25) is 6.79 Å². The lowest BCUT2D eigenvalue weighted by molar-refractivity contribution is -0.173. The number of β-lactam (4-membered cyclic amide) rings is 1. The number of allylic oxidation sites excluding steroid dienone is 1. The molecule has 0 saturated carbocycles. The highest BCUT2D eigenvalue weighted by molar-refractivity contribution is 8.00. The van der Waals surface area contributed by atoms with Crippen LogP contribution in [-0.4, -0.2) is 78.1 Å². The number of amides is 2. The van der Waals surface area contributed by atoms with Gasteiger partial charge in [0.15, 0.2) is 10.8 Å². The van der Waals surface area contributed by atoms with E-state index < -0.39 is 53.1 Å². The summed E-state index contributed by atoms with van der Waals surface area (Å²) in [6.07, 6.45) is 3.26. The summed E-state index contributed by atoms with van der Waals surface area (Å²) in [5.74, 6) is -2.60. The number of aromatic nitrogens is 3. The van der Waals surface area contributed by atoms with Crippen LogP contribution in [0.5, 0.6) is 0 Å². The first-order valence-corrected chi connectivity index (χ1v) is 14.0. The van der Waals surface area contributed by atoms with E-state index >= 15 is 0 Å². The number of rotatable bonds is 8. The van der Waals surface area contributed by atoms with Crippen molar-refractivity contribution in [2.75, 3.05) is 18.3 Å². The minimum absolute atomic E-state index is 0.0512. The van der Waals surface area contributed by atoms with Gasteiger partial charge in [-0.3, -0.25) is 19.3 Å². The van der Waals surface area contributed by atoms with Crippen molar-refractivity contribution in [1.82, 2.24) is 24.8 Å². The zero-order valence-corrected chi connectivity index (χ0v) is 23.3. The molecule has 2 atom stereocenters. The number of hydrogen-bond donors (Lipinski definition) is 3. The Hall–Kier alpha value is -3.83. The number of oxime groups is 1. The van der Waals surface area contributed by atoms with Crippen molar-refractivity contribution in [3.8, 4) is 0 Å². The van der Waals surface area contributed by atoms with Gasteiger partial charge in [-0.2, -0.15) is 0 Å². The fourth-order valence-electron chi connectivity index (χ4n) is 3.43. The lowest BCUT2D eigenvalue weighted by atomic mass is 9.98. The summed E-state index contributed by atoms with van der Waals surface area (Å²) in [6.45, 7) is 4.32. The zero-order valence-electron chi connectivity index (χ0n) is 20.8. The number of carbonyl (C=O) groups is 4. The summed E-state index contributed by atoms with van der Waals surface area (Å²) < 4.78 is 14.0. The van der Waals surface area contributed by atoms with Gasteiger partial charge >= 0.3 is 11.9 Å². The van der Waals surface area contributed by atoms with Gasteiger partial charge in [0.05, 0.1) is 11.1 Å². The van der Waals surface area contributed by atoms with Crippen LogP contribution >= 0.6 is 34.6 Å². The van der Waals surface area contributed by atoms with Crippen molar-refractivity contribution in [2.24, 2.45) is 10.6 Å². The van der Waals surface area contributed by atoms with Crippen molar-refractivity contribution in [1.29, 1.82) is 0 Å². The Morgan fingerprint density at radius 3 is 2.67 bits per heavy atom. The maximum Gasteiger partial charge on any atom is 0.358 e. The van der Waals surface area contributed by atoms with Crippen molar-refractivity contribution < 1.29 is 33.9 Å². The Morgan fingerprint density at radius 1 is 1.28 bits per heavy atom. The number of thioether (sulfide) groups is 1. The summed E-state index contributed by atoms with van der Waals surface area (Å²) >= 11 is 3.51. The predicted molar refractivity (Wildman–Crippen MR) is 142 cm³/mol. The number of nitrogen functional groups attached to an aromatic ring is 1. The molecular weight excluding hydrogens is 570 g/mol. The average Bonchev–Trinajstić information content (AvgIpc) is 3.57. The minimum atomic E-state index is -1.02. The number of hydrogen-bond acceptors (Lipinski definition) is 15. The first kappa shape index (κ1) is 28.2. The summed E-state index contributed by atoms with van der Waals surface area (Å²) in [5, 5.41) is 21.5. The molecule has 1 fully saturated rings. The van der Waals surface area contributed by atoms with Crippen molar-refractivity contribution >= 4 is 75.3 Å². The van der Waals surface area contributed by atoms with Gasteiger partial charge in [-0.25, -0.2) is 9.78 Å². The summed E-state index contributed by atoms with van der Waals surface area (Å²) in [5.41, 5.74) is 5.40. The first-order chi connectivity index (χ1) is 18.5. The largest absolute Gasteiger partial charge is 0.427 e. The van der Waals surface area contributed by atoms with Crippen LogP contribution in [0.2, 0.25) is 0 Å². The summed E-state index contributed by atoms with van der Waals surface area (Å²) in [4.78, 5) is 56.2. The highest BCUT2D eigenvalue weighted by atomic mass is 32.2. The van der Waals surface area contributed by atoms with Crippen molar-refractivity contribution in [3.05, 3.63) is 39.5 Å². The second-order valence-corrected chi connectivity index (χ2v) is 11.8. The van der Waals surface area contributed by atoms with E-state index in [-0.39, 0.29) is 22.3 Å². The van der Waals surface area contributed by atoms with E-state index in [9.17, 15) is 24.4 Å². The summed E-state index contributed by atoms with van der Waals surface area (Å²) in [7, 11) is 0. The highest BCUT2D eigenvalue weighted by Gasteiger charge is 2.54. The molecule has 206 valence electrons. The van der Waals surface area contributed by atoms with Gasteiger partial charge in [0.25, 0.3) is 11.8 Å². The molecule has 39 heavy (non-hydrogen) atoms. The lowest BCUT2D eigenvalue weighted by Crippen LogP contribution is -2.71. The number of nitrogens with one attached hydrogen (secondary N) is 1. The molecule has 1 unspecified atom stereocenters. The number of nitrogens with two attached hydrogens (primary N) is 1. The summed E-state index contributed by atoms with van der Waals surface area (Å²) in [6, 6.07) is -1.02. The van der Waals surface area contributed by atoms with Crippen LogP contribution in [0.3, 0.4) is 0 Å². The van der Waals surface area contributed by atoms with E-state index in [0.29, 0.717) is 11.3 Å². The molecule has 2 aliphatic rings. The SMILES string of the molecule is CC(C)(C)C(=O)OCOC(=O)C1=C(/C=C\c2csnn2)CS[C@@H]2C(NC(=O)/C(=N\O)c3csc(N)n3)C(=O)N12. The molecule has 0 bridgehead atoms. The second-order valence-electron chi connectivity index (χ2n) is 9.15. The van der Waals surface area contributed by atoms with Crippen molar-refractivity contribution in [2.45, 2.75) is 32.2 Å². The first-order valence-electron chi connectivity index (χ1n) is 11.2. The fraction of sp³-hybridized carbons (Fsp3) is 0.364. The molecule has 2 aliphatic heterocycles. The molecule has 0 aromatic carbocycles. The van der Waals surface area contributed by atoms with Gasteiger partial charge in [0.1, 0.15) is 22.8 Å². The van der Waals surface area contributed by atoms with Crippen LogP contribution in [-0.2, 0) is 28.7 Å². The normalized spacial score (nSPS) is 19.5. The van der Waals surface area contributed by atoms with Gasteiger partial charge < -0.3 is 25.7 Å². The van der Waals surface area contributed by atoms with Crippen LogP contribution < -0.4 is 11.1 Å². The number of nitrogens with zero attached hydrogens (tertiary/aromatic N) is 5. The van der Waals surface area contributed by atoms with Gasteiger partial charge in [-0.15, -0.1) is 28.2 Å². The molecule has 0 aliphatic carbocycles. The minimum Gasteiger partial charge on any atom is -0.427 e. The number of esters is 2. The number of anilines is 1. The van der Waals surface area contributed by atoms with E-state index in [1.54, 1.807) is 38.3 Å². The molecule has 4 N–H and O–H groups in total. The number of carbonyl (C=O) groups excluding carboxylic acids is 4. The smallest absolute Gasteiger partial charge is 0.358 e. The third-order valence-corrected chi connectivity index (χ3v) is 7.88. The van der Waals surface area contributed by atoms with Gasteiger partial charge in [-0.05, 0) is 44.0 Å². The van der Waals surface area contributed by atoms with E-state index in [4.69, 9.17) is 15.2 Å². The Bertz CT molecular complexity index is 1380. The molecule has 0 spiro atoms. The Labute approximate surface area is 234 Å². The van der Waals surface area contributed by atoms with E-state index in [2.05, 4.69) is 25.0 Å². The van der Waals surface area contributed by atoms with Crippen LogP contribution in [0.4, 0.5) is 5.13 Å². The van der Waals surface area contributed by atoms with E-state index in [1.807, 2.05) is 0 Å². The number of fused-ring (bicyclic) bond motifs is 1. The number of ether oxygens (including phenoxy) is 2. The van der Waals surface area contributed by atoms with Crippen molar-refractivity contribution in [3.63, 3.8) is 0 Å². The van der Waals surface area contributed by atoms with Crippen LogP contribution in [0.15, 0.2) is 33.3 Å². The molecule has 1 saturated heterocycles. The van der Waals surface area contributed by atoms with Crippen LogP contribution in [0.1, 0.15) is 32.2 Å². The maximum absolute atomic E-state index is 13.2. The quantitative estimate of drug-likeness (QED) is 0.0988. The molecule has 0 radical (unpaired) electrons. The van der Waals surface area contributed by atoms with Crippen LogP contribution in [0, 0.1) is 5.41 Å². The molecular formula is C22H23N7O7S3. The zero-order chi connectivity index (χ0) is 28.3. The standard InChI is InChI=1S/C22H23N7O7S3/c1-22(2,3)20(33)36-9-35-19(32)15-10(4-5-11-7-39-28-26-11)6-37-18-14(17(31)29(15)18)25-16(30)13(27-34)12-8-38-21(23)24-12/h4-5,7-8,14,18,34H,6,9H2,1-3H3,(H2,23,24)(H,25,30)/b5-4-,27-13-/t14?,18-/m1/s1. The van der Waals surface area contributed by atoms with E-state index in [1.165, 1.54) is 22.0 Å². The average molecular weight is 594 g/mol. The Kier molecular flexibility index (Phi) is 8.31. The molecule has 2 aromatic heterocycles. The lowest BCUT2D eigenvalue weighted by Gasteiger charge is -2.49. The fourth-order valence-corrected chi connectivity index (χ4v) is 5.72. The number of thiazole rings is 1. The predicted octanol–water partition coefficient (Wildman–Crippen LogP) is 1.21. The molecule has 4 heterocycles. The van der Waals surface area contributed by atoms with Gasteiger partial charge in [-0.1, -0.05) is 15.7 Å². The second kappa shape index (κ2) is 11.5. The highest BCUT2D eigenvalue weighted by Crippen LogP contribution is 2.41. The monoisotopic (exact) mass is 593 g/mol. The Balaban J connectivity index is 1.52. The molecule has 4 rings (SSSR count). The van der Waals surface area contributed by atoms with E-state index in [0.717, 1.165) is 22.9 Å². The molecule has 2 aromatic rings. The molecule has 2 amide bonds. The topological polar surface area (TPSA) is 199 Å². The van der Waals surface area contributed by atoms with Crippen LogP contribution in [0.25, 0.3) is 6.08 Å². The maximum atomic E-state index is 13.2. The Morgan fingerprint density at radius 2 is 2.05 bits per heavy atom. The molecule has 14 nitrogen and oxygen atoms in total. The third-order valence-electron chi connectivity index (χ3n) is 5.38. The molecule has 17 heteroatoms.